The molecule has 6 heteroatoms. The number of hydrogen-bond donors (Lipinski definition) is 0. The number of halogens is 6. The molecule has 0 aromatic rings. The minimum atomic E-state index is -4.39. The summed E-state index contributed by atoms with van der Waals surface area (Å²) in [4.78, 5) is 0. The first-order valence-corrected chi connectivity index (χ1v) is 5.16. The van der Waals surface area contributed by atoms with E-state index >= 15 is 0 Å². The lowest BCUT2D eigenvalue weighted by Crippen LogP contribution is -2.25. The van der Waals surface area contributed by atoms with Gasteiger partial charge in [0.05, 0.1) is 5.92 Å². The number of rotatable bonds is 5. The highest BCUT2D eigenvalue weighted by Crippen LogP contribution is 2.36. The van der Waals surface area contributed by atoms with Crippen molar-refractivity contribution in [2.75, 3.05) is 0 Å². The second kappa shape index (κ2) is 5.77. The van der Waals surface area contributed by atoms with Crippen LogP contribution < -0.4 is 0 Å². The maximum Gasteiger partial charge on any atom is 0.391 e. The molecule has 0 N–H and O–H groups in total. The van der Waals surface area contributed by atoms with Gasteiger partial charge in [-0.2, -0.15) is 26.3 Å². The van der Waals surface area contributed by atoms with Crippen LogP contribution in [0.4, 0.5) is 26.3 Å². The Labute approximate surface area is 91.0 Å². The first kappa shape index (κ1) is 15.6. The average molecular weight is 250 g/mol. The lowest BCUT2D eigenvalue weighted by Gasteiger charge is -2.22. The van der Waals surface area contributed by atoms with Gasteiger partial charge in [-0.15, -0.1) is 0 Å². The second-order valence-corrected chi connectivity index (χ2v) is 4.38. The summed E-state index contributed by atoms with van der Waals surface area (Å²) >= 11 is 0. The normalized spacial score (nSPS) is 15.6. The molecule has 98 valence electrons. The molecule has 0 aliphatic rings. The fourth-order valence-corrected chi connectivity index (χ4v) is 1.53. The van der Waals surface area contributed by atoms with Crippen molar-refractivity contribution < 1.29 is 26.3 Å². The van der Waals surface area contributed by atoms with Gasteiger partial charge in [0.2, 0.25) is 0 Å². The van der Waals surface area contributed by atoms with Crippen molar-refractivity contribution in [3.05, 3.63) is 0 Å². The third-order valence-corrected chi connectivity index (χ3v) is 2.23. The zero-order valence-corrected chi connectivity index (χ0v) is 9.25. The Morgan fingerprint density at radius 1 is 0.938 bits per heavy atom. The molecule has 0 nitrogen and oxygen atoms in total. The van der Waals surface area contributed by atoms with Gasteiger partial charge in [0.1, 0.15) is 0 Å². The quantitative estimate of drug-likeness (QED) is 0.606. The van der Waals surface area contributed by atoms with E-state index < -0.39 is 37.5 Å². The summed E-state index contributed by atoms with van der Waals surface area (Å²) in [6.45, 7) is 3.25. The molecule has 0 fully saturated rings. The molecule has 0 bridgehead atoms. The Morgan fingerprint density at radius 3 is 1.75 bits per heavy atom. The van der Waals surface area contributed by atoms with Gasteiger partial charge in [0.15, 0.2) is 0 Å². The van der Waals surface area contributed by atoms with Crippen molar-refractivity contribution in [3.63, 3.8) is 0 Å². The van der Waals surface area contributed by atoms with Crippen LogP contribution in [0.5, 0.6) is 0 Å². The predicted molar refractivity (Wildman–Crippen MR) is 48.9 cm³/mol. The highest BCUT2D eigenvalue weighted by Gasteiger charge is 2.39. The monoisotopic (exact) mass is 250 g/mol. The molecule has 0 radical (unpaired) electrons. The third kappa shape index (κ3) is 7.82. The van der Waals surface area contributed by atoms with Crippen molar-refractivity contribution in [2.24, 2.45) is 11.8 Å². The summed E-state index contributed by atoms with van der Waals surface area (Å²) < 4.78 is 72.6. The zero-order chi connectivity index (χ0) is 13.0. The fourth-order valence-electron chi connectivity index (χ4n) is 1.53. The summed E-state index contributed by atoms with van der Waals surface area (Å²) in [5.74, 6) is -1.78. The second-order valence-electron chi connectivity index (χ2n) is 4.38. The van der Waals surface area contributed by atoms with Crippen molar-refractivity contribution in [1.29, 1.82) is 0 Å². The van der Waals surface area contributed by atoms with E-state index in [1.54, 1.807) is 13.8 Å². The SMILES string of the molecule is CC(C)CC(CCCC(F)(F)F)C(F)(F)F. The van der Waals surface area contributed by atoms with Crippen LogP contribution in [0, 0.1) is 11.8 Å². The van der Waals surface area contributed by atoms with E-state index in [1.807, 2.05) is 0 Å². The Morgan fingerprint density at radius 2 is 1.44 bits per heavy atom. The van der Waals surface area contributed by atoms with Gasteiger partial charge in [0, 0.05) is 6.42 Å². The largest absolute Gasteiger partial charge is 0.391 e. The zero-order valence-electron chi connectivity index (χ0n) is 9.25. The van der Waals surface area contributed by atoms with Crippen LogP contribution in [-0.2, 0) is 0 Å². The summed E-state index contributed by atoms with van der Waals surface area (Å²) in [5, 5.41) is 0. The van der Waals surface area contributed by atoms with Crippen LogP contribution >= 0.6 is 0 Å². The van der Waals surface area contributed by atoms with E-state index in [2.05, 4.69) is 0 Å². The van der Waals surface area contributed by atoms with Crippen molar-refractivity contribution in [2.45, 2.75) is 51.9 Å². The van der Waals surface area contributed by atoms with Gasteiger partial charge >= 0.3 is 12.4 Å². The van der Waals surface area contributed by atoms with E-state index in [9.17, 15) is 26.3 Å². The van der Waals surface area contributed by atoms with Crippen molar-refractivity contribution >= 4 is 0 Å². The van der Waals surface area contributed by atoms with Crippen molar-refractivity contribution in [1.82, 2.24) is 0 Å². The molecule has 0 saturated carbocycles. The molecule has 0 heterocycles. The highest BCUT2D eigenvalue weighted by atomic mass is 19.4. The van der Waals surface area contributed by atoms with E-state index in [1.165, 1.54) is 0 Å². The lowest BCUT2D eigenvalue weighted by atomic mass is 9.92. The molecular formula is C10H16F6. The molecule has 0 saturated heterocycles. The molecule has 0 amide bonds. The summed E-state index contributed by atoms with van der Waals surface area (Å²) in [5.41, 5.74) is 0. The molecule has 0 rings (SSSR count). The van der Waals surface area contributed by atoms with Crippen LogP contribution in [0.3, 0.4) is 0 Å². The Bertz CT molecular complexity index is 190. The summed E-state index contributed by atoms with van der Waals surface area (Å²) in [7, 11) is 0. The standard InChI is InChI=1S/C10H16F6/c1-7(2)6-8(10(14,15)16)4-3-5-9(11,12)13/h7-8H,3-6H2,1-2H3. The molecule has 1 atom stereocenters. The van der Waals surface area contributed by atoms with Gasteiger partial charge in [-0.1, -0.05) is 13.8 Å². The molecule has 0 spiro atoms. The predicted octanol–water partition coefficient (Wildman–Crippen LogP) is 4.94. The highest BCUT2D eigenvalue weighted by molar-refractivity contribution is 4.70. The molecule has 0 aromatic heterocycles. The van der Waals surface area contributed by atoms with Crippen LogP contribution in [0.25, 0.3) is 0 Å². The Kier molecular flexibility index (Phi) is 5.62. The van der Waals surface area contributed by atoms with Crippen molar-refractivity contribution in [3.8, 4) is 0 Å². The van der Waals surface area contributed by atoms with Crippen LogP contribution in [0.1, 0.15) is 39.5 Å². The summed E-state index contributed by atoms with van der Waals surface area (Å²) in [6.07, 6.45) is -10.9. The number of hydrogen-bond acceptors (Lipinski definition) is 0. The smallest absolute Gasteiger partial charge is 0.171 e. The average Bonchev–Trinajstić information content (AvgIpc) is 1.97. The summed E-state index contributed by atoms with van der Waals surface area (Å²) in [6, 6.07) is 0. The fraction of sp³-hybridized carbons (Fsp3) is 1.00. The van der Waals surface area contributed by atoms with E-state index in [4.69, 9.17) is 0 Å². The molecular weight excluding hydrogens is 234 g/mol. The van der Waals surface area contributed by atoms with Gasteiger partial charge in [0.25, 0.3) is 0 Å². The van der Waals surface area contributed by atoms with Crippen LogP contribution in [0.15, 0.2) is 0 Å². The lowest BCUT2D eigenvalue weighted by molar-refractivity contribution is -0.184. The van der Waals surface area contributed by atoms with Gasteiger partial charge < -0.3 is 0 Å². The first-order chi connectivity index (χ1) is 7.02. The van der Waals surface area contributed by atoms with E-state index in [0.717, 1.165) is 0 Å². The molecule has 0 aliphatic carbocycles. The topological polar surface area (TPSA) is 0 Å². The number of alkyl halides is 6. The third-order valence-electron chi connectivity index (χ3n) is 2.23. The van der Waals surface area contributed by atoms with Crippen LogP contribution in [0.2, 0.25) is 0 Å². The Balaban J connectivity index is 4.14. The molecule has 0 aliphatic heterocycles. The van der Waals surface area contributed by atoms with E-state index in [-0.39, 0.29) is 12.3 Å². The molecule has 0 aromatic carbocycles. The van der Waals surface area contributed by atoms with E-state index in [0.29, 0.717) is 0 Å². The maximum atomic E-state index is 12.4. The maximum absolute atomic E-state index is 12.4. The van der Waals surface area contributed by atoms with Gasteiger partial charge in [-0.3, -0.25) is 0 Å². The minimum Gasteiger partial charge on any atom is -0.171 e. The molecule has 16 heavy (non-hydrogen) atoms. The Hall–Kier alpha value is -0.420. The minimum absolute atomic E-state index is 0.110. The van der Waals surface area contributed by atoms with Crippen LogP contribution in [-0.4, -0.2) is 12.4 Å². The van der Waals surface area contributed by atoms with Gasteiger partial charge in [-0.25, -0.2) is 0 Å². The van der Waals surface area contributed by atoms with Gasteiger partial charge in [-0.05, 0) is 25.2 Å². The first-order valence-electron chi connectivity index (χ1n) is 5.16. The molecule has 1 unspecified atom stereocenters.